The van der Waals surface area contributed by atoms with Crippen molar-refractivity contribution in [2.75, 3.05) is 36.5 Å². The minimum Gasteiger partial charge on any atom is -0.355 e. The van der Waals surface area contributed by atoms with E-state index >= 15 is 0 Å². The molecule has 2 aliphatic heterocycles. The molecule has 2 aromatic rings. The zero-order chi connectivity index (χ0) is 18.9. The van der Waals surface area contributed by atoms with Crippen LogP contribution in [-0.2, 0) is 9.47 Å². The Kier molecular flexibility index (Phi) is 4.71. The van der Waals surface area contributed by atoms with E-state index in [0.29, 0.717) is 38.2 Å². The number of hydrogen-bond donors (Lipinski definition) is 1. The van der Waals surface area contributed by atoms with E-state index in [1.807, 2.05) is 4.90 Å². The lowest BCUT2D eigenvalue weighted by atomic mass is 10.0. The molecule has 2 fully saturated rings. The molecular weight excluding hydrogens is 358 g/mol. The lowest BCUT2D eigenvalue weighted by Gasteiger charge is -2.37. The molecule has 9 heteroatoms. The zero-order valence-electron chi connectivity index (χ0n) is 14.5. The molecule has 0 atom stereocenters. The molecule has 1 N–H and O–H groups in total. The van der Waals surface area contributed by atoms with Crippen LogP contribution >= 0.6 is 0 Å². The number of anilines is 2. The van der Waals surface area contributed by atoms with Crippen LogP contribution < -0.4 is 10.2 Å². The summed E-state index contributed by atoms with van der Waals surface area (Å²) in [4.78, 5) is 14.2. The van der Waals surface area contributed by atoms with Crippen LogP contribution in [0.2, 0.25) is 0 Å². The van der Waals surface area contributed by atoms with Crippen LogP contribution in [0, 0.1) is 11.6 Å². The Morgan fingerprint density at radius 1 is 1.07 bits per heavy atom. The van der Waals surface area contributed by atoms with E-state index in [9.17, 15) is 13.6 Å². The van der Waals surface area contributed by atoms with Gasteiger partial charge in [0, 0.05) is 32.0 Å². The van der Waals surface area contributed by atoms with Crippen molar-refractivity contribution in [3.8, 4) is 0 Å². The summed E-state index contributed by atoms with van der Waals surface area (Å²) >= 11 is 0. The lowest BCUT2D eigenvalue weighted by Crippen LogP contribution is -2.45. The van der Waals surface area contributed by atoms with Crippen molar-refractivity contribution in [1.29, 1.82) is 0 Å². The fourth-order valence-electron chi connectivity index (χ4n) is 3.25. The molecule has 1 amide bonds. The van der Waals surface area contributed by atoms with Crippen molar-refractivity contribution in [3.05, 3.63) is 47.7 Å². The van der Waals surface area contributed by atoms with E-state index in [0.717, 1.165) is 25.0 Å². The largest absolute Gasteiger partial charge is 0.355 e. The van der Waals surface area contributed by atoms with E-state index < -0.39 is 23.3 Å². The number of ether oxygens (including phenoxy) is 2. The molecule has 4 rings (SSSR count). The number of piperidine rings is 1. The van der Waals surface area contributed by atoms with Gasteiger partial charge in [-0.15, -0.1) is 10.2 Å². The van der Waals surface area contributed by atoms with Crippen molar-refractivity contribution in [1.82, 2.24) is 10.2 Å². The number of aromatic nitrogens is 2. The second kappa shape index (κ2) is 7.16. The maximum Gasteiger partial charge on any atom is 0.276 e. The normalized spacial score (nSPS) is 18.7. The van der Waals surface area contributed by atoms with Crippen LogP contribution in [0.25, 0.3) is 0 Å². The highest BCUT2D eigenvalue weighted by Gasteiger charge is 2.40. The van der Waals surface area contributed by atoms with E-state index in [1.54, 1.807) is 6.07 Å². The minimum atomic E-state index is -0.855. The van der Waals surface area contributed by atoms with Gasteiger partial charge in [0.05, 0.1) is 18.9 Å². The molecule has 27 heavy (non-hydrogen) atoms. The summed E-state index contributed by atoms with van der Waals surface area (Å²) in [7, 11) is 0. The van der Waals surface area contributed by atoms with Gasteiger partial charge in [0.25, 0.3) is 5.91 Å². The summed E-state index contributed by atoms with van der Waals surface area (Å²) in [6.07, 6.45) is 1.47. The SMILES string of the molecule is O=C(Nc1ccc(F)cc1F)c1ccc(N2CCC3(CC2)OCCO3)nn1. The predicted molar refractivity (Wildman–Crippen MR) is 92.4 cm³/mol. The Bertz CT molecular complexity index is 831. The van der Waals surface area contributed by atoms with Crippen molar-refractivity contribution < 1.29 is 23.0 Å². The standard InChI is InChI=1S/C18H18F2N4O3/c19-12-1-2-14(13(20)11-12)21-17(25)15-3-4-16(23-22-15)24-7-5-18(6-8-24)26-9-10-27-18/h1-4,11H,5-10H2,(H,21,25). The maximum atomic E-state index is 13.6. The monoisotopic (exact) mass is 376 g/mol. The second-order valence-electron chi connectivity index (χ2n) is 6.45. The summed E-state index contributed by atoms with van der Waals surface area (Å²) in [5.74, 6) is -2.02. The van der Waals surface area contributed by atoms with E-state index in [1.165, 1.54) is 6.07 Å². The fourth-order valence-corrected chi connectivity index (χ4v) is 3.25. The molecule has 3 heterocycles. The second-order valence-corrected chi connectivity index (χ2v) is 6.45. The van der Waals surface area contributed by atoms with Gasteiger partial charge in [-0.05, 0) is 24.3 Å². The number of hydrogen-bond acceptors (Lipinski definition) is 6. The highest BCUT2D eigenvalue weighted by molar-refractivity contribution is 6.02. The van der Waals surface area contributed by atoms with Crippen LogP contribution in [0.4, 0.5) is 20.3 Å². The summed E-state index contributed by atoms with van der Waals surface area (Å²) in [5, 5.41) is 10.4. The van der Waals surface area contributed by atoms with Gasteiger partial charge in [0.2, 0.25) is 0 Å². The van der Waals surface area contributed by atoms with Crippen LogP contribution in [0.5, 0.6) is 0 Å². The van der Waals surface area contributed by atoms with Gasteiger partial charge in [0.1, 0.15) is 11.6 Å². The molecule has 2 aliphatic rings. The predicted octanol–water partition coefficient (Wildman–Crippen LogP) is 2.35. The number of nitrogens with one attached hydrogen (secondary N) is 1. The molecule has 7 nitrogen and oxygen atoms in total. The Morgan fingerprint density at radius 3 is 2.44 bits per heavy atom. The third kappa shape index (κ3) is 3.74. The number of rotatable bonds is 3. The molecule has 1 aromatic carbocycles. The third-order valence-electron chi connectivity index (χ3n) is 4.73. The summed E-state index contributed by atoms with van der Waals surface area (Å²) in [6.45, 7) is 2.67. The minimum absolute atomic E-state index is 0.0402. The first-order chi connectivity index (χ1) is 13.0. The molecule has 0 saturated carbocycles. The lowest BCUT2D eigenvalue weighted by molar-refractivity contribution is -0.169. The van der Waals surface area contributed by atoms with Crippen LogP contribution in [0.3, 0.4) is 0 Å². The van der Waals surface area contributed by atoms with Crippen molar-refractivity contribution in [2.24, 2.45) is 0 Å². The van der Waals surface area contributed by atoms with Gasteiger partial charge in [-0.1, -0.05) is 0 Å². The fraction of sp³-hybridized carbons (Fsp3) is 0.389. The first kappa shape index (κ1) is 17.7. The van der Waals surface area contributed by atoms with Gasteiger partial charge in [-0.3, -0.25) is 4.79 Å². The summed E-state index contributed by atoms with van der Waals surface area (Å²) in [5.41, 5.74) is -0.0800. The molecular formula is C18H18F2N4O3. The van der Waals surface area contributed by atoms with Gasteiger partial charge in [-0.2, -0.15) is 0 Å². The van der Waals surface area contributed by atoms with Gasteiger partial charge in [0.15, 0.2) is 17.3 Å². The molecule has 0 radical (unpaired) electrons. The molecule has 0 bridgehead atoms. The number of amides is 1. The quantitative estimate of drug-likeness (QED) is 0.886. The smallest absolute Gasteiger partial charge is 0.276 e. The Balaban J connectivity index is 1.39. The topological polar surface area (TPSA) is 76.6 Å². The van der Waals surface area contributed by atoms with Crippen molar-refractivity contribution in [2.45, 2.75) is 18.6 Å². The molecule has 142 valence electrons. The number of nitrogens with zero attached hydrogens (tertiary/aromatic N) is 3. The molecule has 1 spiro atoms. The average Bonchev–Trinajstić information content (AvgIpc) is 3.13. The van der Waals surface area contributed by atoms with E-state index in [-0.39, 0.29) is 11.4 Å². The van der Waals surface area contributed by atoms with E-state index in [2.05, 4.69) is 15.5 Å². The van der Waals surface area contributed by atoms with Crippen LogP contribution in [0.1, 0.15) is 23.3 Å². The van der Waals surface area contributed by atoms with Gasteiger partial charge >= 0.3 is 0 Å². The van der Waals surface area contributed by atoms with Crippen LogP contribution in [0.15, 0.2) is 30.3 Å². The number of halogens is 2. The number of carbonyl (C=O) groups excluding carboxylic acids is 1. The molecule has 0 unspecified atom stereocenters. The van der Waals surface area contributed by atoms with Crippen molar-refractivity contribution in [3.63, 3.8) is 0 Å². The Hall–Kier alpha value is -2.65. The Labute approximate surface area is 154 Å². The highest BCUT2D eigenvalue weighted by Crippen LogP contribution is 2.32. The molecule has 2 saturated heterocycles. The molecule has 1 aromatic heterocycles. The van der Waals surface area contributed by atoms with Crippen molar-refractivity contribution >= 4 is 17.4 Å². The average molecular weight is 376 g/mol. The van der Waals surface area contributed by atoms with Gasteiger partial charge < -0.3 is 19.7 Å². The maximum absolute atomic E-state index is 13.6. The first-order valence-corrected chi connectivity index (χ1v) is 8.68. The first-order valence-electron chi connectivity index (χ1n) is 8.68. The number of carbonyl (C=O) groups is 1. The zero-order valence-corrected chi connectivity index (χ0v) is 14.5. The van der Waals surface area contributed by atoms with Crippen LogP contribution in [-0.4, -0.2) is 48.2 Å². The third-order valence-corrected chi connectivity index (χ3v) is 4.73. The molecule has 0 aliphatic carbocycles. The summed E-state index contributed by atoms with van der Waals surface area (Å²) < 4.78 is 38.0. The summed E-state index contributed by atoms with van der Waals surface area (Å²) in [6, 6.07) is 6.13. The van der Waals surface area contributed by atoms with E-state index in [4.69, 9.17) is 9.47 Å². The Morgan fingerprint density at radius 2 is 1.81 bits per heavy atom. The number of benzene rings is 1. The highest BCUT2D eigenvalue weighted by atomic mass is 19.1. The van der Waals surface area contributed by atoms with Gasteiger partial charge in [-0.25, -0.2) is 8.78 Å².